The highest BCUT2D eigenvalue weighted by Gasteiger charge is 2.39. The Morgan fingerprint density at radius 2 is 2.11 bits per heavy atom. The number of aliphatic carboxylic acids is 1. The van der Waals surface area contributed by atoms with Gasteiger partial charge in [-0.15, -0.1) is 0 Å². The number of rotatable bonds is 5. The Bertz CT molecular complexity index is 422. The molecule has 1 aromatic rings. The van der Waals surface area contributed by atoms with Gasteiger partial charge in [-0.25, -0.2) is 0 Å². The molecule has 0 amide bonds. The van der Waals surface area contributed by atoms with E-state index >= 15 is 0 Å². The van der Waals surface area contributed by atoms with Crippen molar-refractivity contribution in [3.05, 3.63) is 29.8 Å². The predicted molar refractivity (Wildman–Crippen MR) is 73.5 cm³/mol. The van der Waals surface area contributed by atoms with E-state index in [2.05, 4.69) is 5.32 Å². The molecule has 0 aliphatic carbocycles. The fourth-order valence-corrected chi connectivity index (χ4v) is 2.60. The van der Waals surface area contributed by atoms with E-state index in [4.69, 9.17) is 4.74 Å². The monoisotopic (exact) mass is 263 g/mol. The molecule has 4 heteroatoms. The van der Waals surface area contributed by atoms with Gasteiger partial charge in [-0.3, -0.25) is 4.79 Å². The lowest BCUT2D eigenvalue weighted by atomic mass is 9.83. The van der Waals surface area contributed by atoms with Gasteiger partial charge in [-0.2, -0.15) is 0 Å². The van der Waals surface area contributed by atoms with E-state index in [0.29, 0.717) is 19.4 Å². The number of carboxylic acids is 1. The molecule has 0 bridgehead atoms. The van der Waals surface area contributed by atoms with Gasteiger partial charge < -0.3 is 15.2 Å². The Labute approximate surface area is 113 Å². The summed E-state index contributed by atoms with van der Waals surface area (Å²) in [5.41, 5.74) is 0.228. The molecular weight excluding hydrogens is 242 g/mol. The van der Waals surface area contributed by atoms with Crippen molar-refractivity contribution < 1.29 is 14.6 Å². The first kappa shape index (κ1) is 13.9. The van der Waals surface area contributed by atoms with E-state index in [-0.39, 0.29) is 0 Å². The van der Waals surface area contributed by atoms with E-state index in [9.17, 15) is 9.90 Å². The Morgan fingerprint density at radius 1 is 1.37 bits per heavy atom. The smallest absolute Gasteiger partial charge is 0.324 e. The highest BCUT2D eigenvalue weighted by Crippen LogP contribution is 2.25. The summed E-state index contributed by atoms with van der Waals surface area (Å²) in [6.07, 6.45) is 3.24. The maximum Gasteiger partial charge on any atom is 0.324 e. The van der Waals surface area contributed by atoms with Crippen molar-refractivity contribution >= 4 is 5.97 Å². The summed E-state index contributed by atoms with van der Waals surface area (Å²) < 4.78 is 5.39. The van der Waals surface area contributed by atoms with Crippen molar-refractivity contribution in [2.75, 3.05) is 13.2 Å². The molecule has 1 atom stereocenters. The standard InChI is InChI=1S/C15H21NO3/c1-2-19-13-7-5-12(6-8-13)11-15(14(17)18)9-3-4-10-16-15/h5-8,16H,2-4,9-11H2,1H3,(H,17,18)/t15-/m0/s1. The third-order valence-electron chi connectivity index (χ3n) is 3.64. The van der Waals surface area contributed by atoms with Gasteiger partial charge in [0.05, 0.1) is 6.61 Å². The summed E-state index contributed by atoms with van der Waals surface area (Å²) in [7, 11) is 0. The maximum atomic E-state index is 11.6. The molecule has 1 heterocycles. The van der Waals surface area contributed by atoms with Crippen LogP contribution in [0.15, 0.2) is 24.3 Å². The number of carboxylic acid groups (broad SMARTS) is 1. The predicted octanol–water partition coefficient (Wildman–Crippen LogP) is 2.22. The third kappa shape index (κ3) is 3.26. The van der Waals surface area contributed by atoms with Crippen LogP contribution in [0.2, 0.25) is 0 Å². The molecule has 0 saturated carbocycles. The van der Waals surface area contributed by atoms with Crippen LogP contribution in [0.3, 0.4) is 0 Å². The van der Waals surface area contributed by atoms with Crippen LogP contribution in [0, 0.1) is 0 Å². The molecule has 2 N–H and O–H groups in total. The van der Waals surface area contributed by atoms with Crippen molar-refractivity contribution in [1.29, 1.82) is 0 Å². The molecule has 0 aromatic heterocycles. The average Bonchev–Trinajstić information content (AvgIpc) is 2.42. The Balaban J connectivity index is 2.10. The summed E-state index contributed by atoms with van der Waals surface area (Å²) in [5, 5.41) is 12.7. The molecule has 1 aliphatic rings. The van der Waals surface area contributed by atoms with Gasteiger partial charge in [0.25, 0.3) is 0 Å². The molecule has 1 fully saturated rings. The molecule has 0 radical (unpaired) electrons. The van der Waals surface area contributed by atoms with Crippen molar-refractivity contribution in [3.8, 4) is 5.75 Å². The lowest BCUT2D eigenvalue weighted by Crippen LogP contribution is -2.56. The zero-order valence-corrected chi connectivity index (χ0v) is 11.3. The highest BCUT2D eigenvalue weighted by molar-refractivity contribution is 5.79. The average molecular weight is 263 g/mol. The summed E-state index contributed by atoms with van der Waals surface area (Å²) in [6.45, 7) is 3.36. The van der Waals surface area contributed by atoms with Gasteiger partial charge in [-0.1, -0.05) is 12.1 Å². The normalized spacial score (nSPS) is 23.0. The summed E-state index contributed by atoms with van der Waals surface area (Å²) in [5.74, 6) is 0.0771. The largest absolute Gasteiger partial charge is 0.494 e. The van der Waals surface area contributed by atoms with Gasteiger partial charge in [-0.05, 0) is 50.4 Å². The van der Waals surface area contributed by atoms with Gasteiger partial charge in [0.2, 0.25) is 0 Å². The zero-order chi connectivity index (χ0) is 13.7. The van der Waals surface area contributed by atoms with Crippen LogP contribution in [0.4, 0.5) is 0 Å². The molecule has 4 nitrogen and oxygen atoms in total. The minimum Gasteiger partial charge on any atom is -0.494 e. The minimum absolute atomic E-state index is 0.523. The van der Waals surface area contributed by atoms with Crippen molar-refractivity contribution in [2.24, 2.45) is 0 Å². The van der Waals surface area contributed by atoms with Gasteiger partial charge in [0, 0.05) is 6.42 Å². The zero-order valence-electron chi connectivity index (χ0n) is 11.3. The number of benzene rings is 1. The van der Waals surface area contributed by atoms with E-state index in [1.165, 1.54) is 0 Å². The van der Waals surface area contributed by atoms with Crippen LogP contribution in [0.5, 0.6) is 5.75 Å². The number of nitrogens with one attached hydrogen (secondary N) is 1. The Hall–Kier alpha value is -1.55. The van der Waals surface area contributed by atoms with Crippen LogP contribution in [0.25, 0.3) is 0 Å². The first-order valence-electron chi connectivity index (χ1n) is 6.86. The third-order valence-corrected chi connectivity index (χ3v) is 3.64. The van der Waals surface area contributed by atoms with Crippen LogP contribution in [-0.2, 0) is 11.2 Å². The topological polar surface area (TPSA) is 58.6 Å². The second-order valence-corrected chi connectivity index (χ2v) is 5.02. The number of hydrogen-bond acceptors (Lipinski definition) is 3. The molecular formula is C15H21NO3. The lowest BCUT2D eigenvalue weighted by Gasteiger charge is -2.34. The van der Waals surface area contributed by atoms with Crippen LogP contribution >= 0.6 is 0 Å². The van der Waals surface area contributed by atoms with E-state index in [1.54, 1.807) is 0 Å². The highest BCUT2D eigenvalue weighted by atomic mass is 16.5. The van der Waals surface area contributed by atoms with Gasteiger partial charge in [0.15, 0.2) is 0 Å². The van der Waals surface area contributed by atoms with E-state index < -0.39 is 11.5 Å². The van der Waals surface area contributed by atoms with E-state index in [1.807, 2.05) is 31.2 Å². The first-order valence-corrected chi connectivity index (χ1v) is 6.86. The van der Waals surface area contributed by atoms with Gasteiger partial charge in [0.1, 0.15) is 11.3 Å². The van der Waals surface area contributed by atoms with Crippen molar-refractivity contribution in [1.82, 2.24) is 5.32 Å². The summed E-state index contributed by atoms with van der Waals surface area (Å²) >= 11 is 0. The molecule has 2 rings (SSSR count). The Kier molecular flexibility index (Phi) is 4.43. The molecule has 19 heavy (non-hydrogen) atoms. The molecule has 1 aliphatic heterocycles. The van der Waals surface area contributed by atoms with Crippen LogP contribution in [0.1, 0.15) is 31.7 Å². The van der Waals surface area contributed by atoms with Crippen LogP contribution in [-0.4, -0.2) is 29.8 Å². The number of piperidine rings is 1. The molecule has 1 saturated heterocycles. The fraction of sp³-hybridized carbons (Fsp3) is 0.533. The molecule has 0 spiro atoms. The SMILES string of the molecule is CCOc1ccc(C[C@]2(C(=O)O)CCCCN2)cc1. The fourth-order valence-electron chi connectivity index (χ4n) is 2.60. The first-order chi connectivity index (χ1) is 9.16. The molecule has 104 valence electrons. The molecule has 1 aromatic carbocycles. The summed E-state index contributed by atoms with van der Waals surface area (Å²) in [6, 6.07) is 7.70. The van der Waals surface area contributed by atoms with Gasteiger partial charge >= 0.3 is 5.97 Å². The second kappa shape index (κ2) is 6.06. The number of ether oxygens (including phenoxy) is 1. The number of hydrogen-bond donors (Lipinski definition) is 2. The van der Waals surface area contributed by atoms with E-state index in [0.717, 1.165) is 30.7 Å². The number of carbonyl (C=O) groups is 1. The Morgan fingerprint density at radius 3 is 2.63 bits per heavy atom. The lowest BCUT2D eigenvalue weighted by molar-refractivity contribution is -0.146. The minimum atomic E-state index is -0.800. The maximum absolute atomic E-state index is 11.6. The van der Waals surface area contributed by atoms with Crippen molar-refractivity contribution in [2.45, 2.75) is 38.1 Å². The molecule has 0 unspecified atom stereocenters. The van der Waals surface area contributed by atoms with Crippen molar-refractivity contribution in [3.63, 3.8) is 0 Å². The summed E-state index contributed by atoms with van der Waals surface area (Å²) in [4.78, 5) is 11.6. The quantitative estimate of drug-likeness (QED) is 0.855. The second-order valence-electron chi connectivity index (χ2n) is 5.02. The van der Waals surface area contributed by atoms with Crippen LogP contribution < -0.4 is 10.1 Å².